The van der Waals surface area contributed by atoms with Crippen molar-refractivity contribution in [3.63, 3.8) is 0 Å². The second-order valence-electron chi connectivity index (χ2n) is 4.79. The van der Waals surface area contributed by atoms with E-state index >= 15 is 0 Å². The molecule has 2 aromatic carbocycles. The van der Waals surface area contributed by atoms with Crippen molar-refractivity contribution in [1.29, 1.82) is 0 Å². The number of hydrogen-bond donors (Lipinski definition) is 2. The number of carbonyl (C=O) groups excluding carboxylic acids is 1. The van der Waals surface area contributed by atoms with E-state index < -0.39 is 6.04 Å². The number of hydrogen-bond acceptors (Lipinski definition) is 3. The molecular weight excluding hydrogens is 266 g/mol. The van der Waals surface area contributed by atoms with Gasteiger partial charge in [-0.25, -0.2) is 0 Å². The highest BCUT2D eigenvalue weighted by Crippen LogP contribution is 2.34. The molecule has 0 radical (unpaired) electrons. The van der Waals surface area contributed by atoms with E-state index in [4.69, 9.17) is 4.74 Å². The van der Waals surface area contributed by atoms with Crippen LogP contribution in [0.5, 0.6) is 5.75 Å². The van der Waals surface area contributed by atoms with Gasteiger partial charge in [0.25, 0.3) is 5.91 Å². The van der Waals surface area contributed by atoms with Gasteiger partial charge in [-0.3, -0.25) is 15.1 Å². The molecule has 5 heteroatoms. The van der Waals surface area contributed by atoms with Crippen molar-refractivity contribution in [2.75, 3.05) is 13.7 Å². The molecule has 0 spiro atoms. The van der Waals surface area contributed by atoms with Gasteiger partial charge in [-0.15, -0.1) is 0 Å². The van der Waals surface area contributed by atoms with Gasteiger partial charge >= 0.3 is 0 Å². The number of nitrogens with zero attached hydrogens (tertiary/aromatic N) is 1. The standard InChI is InChI=1S/C16H17N3O2/c1-3-17-16-18-14(15(20)19-16)13-11-7-5-4-6-10(11)8-9-12(13)21-2/h4-9,14H,3H2,1-2H3,(H2,17,18,19,20). The zero-order valence-electron chi connectivity index (χ0n) is 12.0. The number of fused-ring (bicyclic) bond motifs is 1. The maximum absolute atomic E-state index is 12.3. The Hall–Kier alpha value is -2.56. The average molecular weight is 283 g/mol. The Labute approximate surface area is 123 Å². The average Bonchev–Trinajstić information content (AvgIpc) is 2.86. The number of rotatable bonds is 3. The molecule has 2 aromatic rings. The fourth-order valence-electron chi connectivity index (χ4n) is 2.63. The molecule has 5 nitrogen and oxygen atoms in total. The minimum absolute atomic E-state index is 0.114. The van der Waals surface area contributed by atoms with E-state index in [0.717, 1.165) is 16.3 Å². The first-order valence-corrected chi connectivity index (χ1v) is 6.92. The topological polar surface area (TPSA) is 62.7 Å². The van der Waals surface area contributed by atoms with Crippen molar-refractivity contribution in [3.8, 4) is 5.75 Å². The molecule has 3 rings (SSSR count). The second-order valence-corrected chi connectivity index (χ2v) is 4.79. The molecule has 1 aliphatic heterocycles. The molecule has 0 aromatic heterocycles. The summed E-state index contributed by atoms with van der Waals surface area (Å²) in [4.78, 5) is 16.5. The molecule has 2 N–H and O–H groups in total. The molecule has 1 unspecified atom stereocenters. The molecule has 1 amide bonds. The predicted molar refractivity (Wildman–Crippen MR) is 82.5 cm³/mol. The first kappa shape index (κ1) is 13.4. The van der Waals surface area contributed by atoms with E-state index in [1.165, 1.54) is 0 Å². The lowest BCUT2D eigenvalue weighted by Gasteiger charge is -2.16. The maximum atomic E-state index is 12.3. The van der Waals surface area contributed by atoms with Gasteiger partial charge in [-0.2, -0.15) is 0 Å². The van der Waals surface area contributed by atoms with Gasteiger partial charge in [0.15, 0.2) is 5.96 Å². The van der Waals surface area contributed by atoms with E-state index in [0.29, 0.717) is 18.3 Å². The summed E-state index contributed by atoms with van der Waals surface area (Å²) in [5.41, 5.74) is 0.842. The van der Waals surface area contributed by atoms with Crippen LogP contribution in [0.15, 0.2) is 41.4 Å². The number of nitrogens with one attached hydrogen (secondary N) is 2. The van der Waals surface area contributed by atoms with Crippen LogP contribution >= 0.6 is 0 Å². The Morgan fingerprint density at radius 2 is 2.05 bits per heavy atom. The van der Waals surface area contributed by atoms with Crippen LogP contribution in [0.2, 0.25) is 0 Å². The molecule has 1 aliphatic rings. The van der Waals surface area contributed by atoms with Gasteiger partial charge in [0.1, 0.15) is 11.8 Å². The maximum Gasteiger partial charge on any atom is 0.254 e. The number of carbonyl (C=O) groups is 1. The van der Waals surface area contributed by atoms with Crippen molar-refractivity contribution in [3.05, 3.63) is 42.0 Å². The Balaban J connectivity index is 2.15. The Bertz CT molecular complexity index is 725. The highest BCUT2D eigenvalue weighted by atomic mass is 16.5. The summed E-state index contributed by atoms with van der Waals surface area (Å²) in [6.07, 6.45) is 0. The molecule has 1 heterocycles. The zero-order chi connectivity index (χ0) is 14.8. The monoisotopic (exact) mass is 283 g/mol. The summed E-state index contributed by atoms with van der Waals surface area (Å²) in [5.74, 6) is 1.10. The Morgan fingerprint density at radius 1 is 1.24 bits per heavy atom. The SMILES string of the molecule is CCN=C1NC(=O)C(c2c(OC)ccc3ccccc23)N1. The number of aliphatic imine (C=N–C) groups is 1. The van der Waals surface area contributed by atoms with E-state index in [9.17, 15) is 4.79 Å². The first-order valence-electron chi connectivity index (χ1n) is 6.92. The fraction of sp³-hybridized carbons (Fsp3) is 0.250. The Kier molecular flexibility index (Phi) is 3.48. The predicted octanol–water partition coefficient (Wildman–Crippen LogP) is 1.98. The van der Waals surface area contributed by atoms with Crippen LogP contribution in [0.4, 0.5) is 0 Å². The van der Waals surface area contributed by atoms with Crippen LogP contribution < -0.4 is 15.4 Å². The smallest absolute Gasteiger partial charge is 0.254 e. The van der Waals surface area contributed by atoms with Gasteiger partial charge in [0, 0.05) is 12.1 Å². The van der Waals surface area contributed by atoms with Crippen molar-refractivity contribution < 1.29 is 9.53 Å². The van der Waals surface area contributed by atoms with E-state index in [-0.39, 0.29) is 5.91 Å². The summed E-state index contributed by atoms with van der Waals surface area (Å²) >= 11 is 0. The molecule has 0 saturated carbocycles. The van der Waals surface area contributed by atoms with Crippen LogP contribution in [0.25, 0.3) is 10.8 Å². The Morgan fingerprint density at radius 3 is 2.81 bits per heavy atom. The molecule has 108 valence electrons. The molecule has 1 atom stereocenters. The minimum atomic E-state index is -0.489. The fourth-order valence-corrected chi connectivity index (χ4v) is 2.63. The van der Waals surface area contributed by atoms with Crippen molar-refractivity contribution >= 4 is 22.6 Å². The van der Waals surface area contributed by atoms with Gasteiger partial charge in [-0.05, 0) is 23.8 Å². The van der Waals surface area contributed by atoms with Gasteiger partial charge in [0.05, 0.1) is 7.11 Å². The lowest BCUT2D eigenvalue weighted by molar-refractivity contribution is -0.120. The number of amides is 1. The van der Waals surface area contributed by atoms with Gasteiger partial charge in [0.2, 0.25) is 0 Å². The number of benzene rings is 2. The second kappa shape index (κ2) is 5.44. The third-order valence-electron chi connectivity index (χ3n) is 3.54. The van der Waals surface area contributed by atoms with Crippen LogP contribution in [-0.2, 0) is 4.79 Å². The summed E-state index contributed by atoms with van der Waals surface area (Å²) in [5, 5.41) is 7.97. The lowest BCUT2D eigenvalue weighted by Crippen LogP contribution is -2.25. The summed E-state index contributed by atoms with van der Waals surface area (Å²) in [6, 6.07) is 11.3. The molecular formula is C16H17N3O2. The molecule has 21 heavy (non-hydrogen) atoms. The number of methoxy groups -OCH3 is 1. The third-order valence-corrected chi connectivity index (χ3v) is 3.54. The van der Waals surface area contributed by atoms with Crippen LogP contribution in [0.1, 0.15) is 18.5 Å². The van der Waals surface area contributed by atoms with Crippen molar-refractivity contribution in [1.82, 2.24) is 10.6 Å². The van der Waals surface area contributed by atoms with E-state index in [2.05, 4.69) is 15.6 Å². The zero-order valence-corrected chi connectivity index (χ0v) is 12.0. The number of ether oxygens (including phenoxy) is 1. The van der Waals surface area contributed by atoms with Crippen LogP contribution in [0, 0.1) is 0 Å². The van der Waals surface area contributed by atoms with Crippen LogP contribution in [-0.4, -0.2) is 25.5 Å². The highest BCUT2D eigenvalue weighted by Gasteiger charge is 2.33. The molecule has 0 aliphatic carbocycles. The summed E-state index contributed by atoms with van der Waals surface area (Å²) < 4.78 is 5.45. The van der Waals surface area contributed by atoms with Gasteiger partial charge < -0.3 is 10.1 Å². The largest absolute Gasteiger partial charge is 0.496 e. The first-order chi connectivity index (χ1) is 10.2. The summed E-state index contributed by atoms with van der Waals surface area (Å²) in [6.45, 7) is 2.54. The molecule has 0 bridgehead atoms. The van der Waals surface area contributed by atoms with Crippen molar-refractivity contribution in [2.24, 2.45) is 4.99 Å². The minimum Gasteiger partial charge on any atom is -0.496 e. The summed E-state index contributed by atoms with van der Waals surface area (Å²) in [7, 11) is 1.61. The molecule has 1 fully saturated rings. The quantitative estimate of drug-likeness (QED) is 0.905. The number of guanidine groups is 1. The molecule has 1 saturated heterocycles. The lowest BCUT2D eigenvalue weighted by atomic mass is 9.97. The van der Waals surface area contributed by atoms with E-state index in [1.54, 1.807) is 7.11 Å². The van der Waals surface area contributed by atoms with Crippen LogP contribution in [0.3, 0.4) is 0 Å². The van der Waals surface area contributed by atoms with Crippen molar-refractivity contribution in [2.45, 2.75) is 13.0 Å². The third kappa shape index (κ3) is 2.31. The normalized spacial score (nSPS) is 19.6. The van der Waals surface area contributed by atoms with Gasteiger partial charge in [-0.1, -0.05) is 30.3 Å². The van der Waals surface area contributed by atoms with E-state index in [1.807, 2.05) is 43.3 Å². The highest BCUT2D eigenvalue weighted by molar-refractivity contribution is 6.08.